The van der Waals surface area contributed by atoms with Crippen molar-refractivity contribution in [3.05, 3.63) is 94.5 Å². The summed E-state index contributed by atoms with van der Waals surface area (Å²) in [5.74, 6) is 0.932. The Morgan fingerprint density at radius 3 is 2.54 bits per heavy atom. The highest BCUT2D eigenvalue weighted by Gasteiger charge is 2.19. The standard InChI is InChI=1S/C23H21NO2S2/c1-16-7-5-12-21-22(20-11-4-3-9-18(20)15-27-23(16)21)14-17-8-6-10-19(13-17)24-28(2,25)26/h3-14,24H,15H2,1-2H3. The summed E-state index contributed by atoms with van der Waals surface area (Å²) in [6, 6.07) is 22.4. The lowest BCUT2D eigenvalue weighted by molar-refractivity contribution is 0.607. The van der Waals surface area contributed by atoms with Crippen LogP contribution in [-0.2, 0) is 15.8 Å². The third kappa shape index (κ3) is 4.01. The minimum Gasteiger partial charge on any atom is -0.284 e. The predicted octanol–water partition coefficient (Wildman–Crippen LogP) is 5.56. The molecule has 0 bridgehead atoms. The Balaban J connectivity index is 1.89. The number of sulfonamides is 1. The van der Waals surface area contributed by atoms with E-state index in [9.17, 15) is 8.42 Å². The third-order valence-electron chi connectivity index (χ3n) is 4.68. The summed E-state index contributed by atoms with van der Waals surface area (Å²) >= 11 is 1.87. The largest absolute Gasteiger partial charge is 0.284 e. The van der Waals surface area contributed by atoms with Crippen LogP contribution in [0.1, 0.15) is 27.8 Å². The highest BCUT2D eigenvalue weighted by Crippen LogP contribution is 2.42. The summed E-state index contributed by atoms with van der Waals surface area (Å²) in [4.78, 5) is 1.30. The first kappa shape index (κ1) is 18.8. The molecular formula is C23H21NO2S2. The monoisotopic (exact) mass is 407 g/mol. The van der Waals surface area contributed by atoms with Gasteiger partial charge in [-0.05, 0) is 58.5 Å². The van der Waals surface area contributed by atoms with Gasteiger partial charge >= 0.3 is 0 Å². The van der Waals surface area contributed by atoms with E-state index in [1.54, 1.807) is 6.07 Å². The molecule has 1 N–H and O–H groups in total. The van der Waals surface area contributed by atoms with Crippen molar-refractivity contribution in [1.82, 2.24) is 0 Å². The van der Waals surface area contributed by atoms with Crippen molar-refractivity contribution in [3.63, 3.8) is 0 Å². The fourth-order valence-electron chi connectivity index (χ4n) is 3.49. The fraction of sp³-hybridized carbons (Fsp3) is 0.130. The SMILES string of the molecule is Cc1cccc2c1SCc1ccccc1C2=Cc1cccc(NS(C)(=O)=O)c1. The molecule has 1 heterocycles. The van der Waals surface area contributed by atoms with Crippen molar-refractivity contribution in [1.29, 1.82) is 0 Å². The van der Waals surface area contributed by atoms with Crippen LogP contribution in [0.15, 0.2) is 71.6 Å². The van der Waals surface area contributed by atoms with Gasteiger partial charge in [-0.1, -0.05) is 54.6 Å². The highest BCUT2D eigenvalue weighted by atomic mass is 32.2. The smallest absolute Gasteiger partial charge is 0.229 e. The molecule has 3 aromatic rings. The molecule has 5 heteroatoms. The Morgan fingerprint density at radius 1 is 0.964 bits per heavy atom. The molecule has 0 saturated carbocycles. The van der Waals surface area contributed by atoms with Gasteiger partial charge in [-0.25, -0.2) is 8.42 Å². The van der Waals surface area contributed by atoms with Crippen LogP contribution >= 0.6 is 11.8 Å². The average Bonchev–Trinajstić information content (AvgIpc) is 2.79. The van der Waals surface area contributed by atoms with E-state index in [0.29, 0.717) is 5.69 Å². The summed E-state index contributed by atoms with van der Waals surface area (Å²) in [6.07, 6.45) is 3.31. The summed E-state index contributed by atoms with van der Waals surface area (Å²) in [5.41, 5.74) is 7.71. The molecule has 0 atom stereocenters. The van der Waals surface area contributed by atoms with E-state index in [2.05, 4.69) is 60.2 Å². The quantitative estimate of drug-likeness (QED) is 0.618. The second kappa shape index (κ2) is 7.49. The first-order chi connectivity index (χ1) is 13.4. The van der Waals surface area contributed by atoms with Crippen LogP contribution < -0.4 is 4.72 Å². The second-order valence-corrected chi connectivity index (χ2v) is 9.69. The van der Waals surface area contributed by atoms with E-state index in [0.717, 1.165) is 23.1 Å². The number of thioether (sulfide) groups is 1. The molecule has 0 amide bonds. The van der Waals surface area contributed by atoms with Crippen LogP contribution in [0.3, 0.4) is 0 Å². The predicted molar refractivity (Wildman–Crippen MR) is 119 cm³/mol. The number of aryl methyl sites for hydroxylation is 1. The first-order valence-electron chi connectivity index (χ1n) is 9.01. The van der Waals surface area contributed by atoms with Crippen LogP contribution in [-0.4, -0.2) is 14.7 Å². The van der Waals surface area contributed by atoms with E-state index in [1.807, 2.05) is 30.0 Å². The van der Waals surface area contributed by atoms with Crippen molar-refractivity contribution in [3.8, 4) is 0 Å². The number of anilines is 1. The molecule has 3 aromatic carbocycles. The first-order valence-corrected chi connectivity index (χ1v) is 11.9. The molecule has 3 nitrogen and oxygen atoms in total. The van der Waals surface area contributed by atoms with E-state index < -0.39 is 10.0 Å². The number of nitrogens with one attached hydrogen (secondary N) is 1. The van der Waals surface area contributed by atoms with Gasteiger partial charge in [0, 0.05) is 16.3 Å². The van der Waals surface area contributed by atoms with Crippen LogP contribution in [0.25, 0.3) is 11.6 Å². The van der Waals surface area contributed by atoms with Crippen LogP contribution in [0.2, 0.25) is 0 Å². The fourth-order valence-corrected chi connectivity index (χ4v) is 5.22. The van der Waals surface area contributed by atoms with E-state index in [1.165, 1.54) is 27.1 Å². The van der Waals surface area contributed by atoms with Gasteiger partial charge in [0.05, 0.1) is 6.26 Å². The van der Waals surface area contributed by atoms with E-state index in [-0.39, 0.29) is 0 Å². The second-order valence-electron chi connectivity index (χ2n) is 6.96. The van der Waals surface area contributed by atoms with Crippen molar-refractivity contribution in [2.45, 2.75) is 17.6 Å². The third-order valence-corrected chi connectivity index (χ3v) is 6.57. The van der Waals surface area contributed by atoms with Crippen LogP contribution in [0.4, 0.5) is 5.69 Å². The zero-order chi connectivity index (χ0) is 19.7. The number of hydrogen-bond acceptors (Lipinski definition) is 3. The average molecular weight is 408 g/mol. The normalized spacial score (nSPS) is 14.9. The highest BCUT2D eigenvalue weighted by molar-refractivity contribution is 7.98. The minimum atomic E-state index is -3.31. The zero-order valence-corrected chi connectivity index (χ0v) is 17.4. The van der Waals surface area contributed by atoms with Gasteiger partial charge in [-0.15, -0.1) is 11.8 Å². The number of benzene rings is 3. The maximum absolute atomic E-state index is 11.6. The van der Waals surface area contributed by atoms with Gasteiger partial charge in [-0.3, -0.25) is 4.72 Å². The molecule has 142 valence electrons. The molecule has 1 aliphatic rings. The molecule has 4 rings (SSSR count). The van der Waals surface area contributed by atoms with Crippen molar-refractivity contribution in [2.75, 3.05) is 11.0 Å². The molecule has 0 fully saturated rings. The number of hydrogen-bond donors (Lipinski definition) is 1. The Bertz CT molecular complexity index is 1180. The van der Waals surface area contributed by atoms with Gasteiger partial charge in [-0.2, -0.15) is 0 Å². The van der Waals surface area contributed by atoms with E-state index >= 15 is 0 Å². The molecular weight excluding hydrogens is 386 g/mol. The van der Waals surface area contributed by atoms with Gasteiger partial charge in [0.15, 0.2) is 0 Å². The Hall–Kier alpha value is -2.50. The van der Waals surface area contributed by atoms with E-state index in [4.69, 9.17) is 0 Å². The van der Waals surface area contributed by atoms with Crippen molar-refractivity contribution in [2.24, 2.45) is 0 Å². The summed E-state index contributed by atoms with van der Waals surface area (Å²) in [5, 5.41) is 0. The summed E-state index contributed by atoms with van der Waals surface area (Å²) in [6.45, 7) is 2.15. The lowest BCUT2D eigenvalue weighted by Crippen LogP contribution is -2.09. The zero-order valence-electron chi connectivity index (χ0n) is 15.8. The molecule has 0 aromatic heterocycles. The van der Waals surface area contributed by atoms with Crippen molar-refractivity contribution < 1.29 is 8.42 Å². The molecule has 28 heavy (non-hydrogen) atoms. The maximum Gasteiger partial charge on any atom is 0.229 e. The lowest BCUT2D eigenvalue weighted by Gasteiger charge is -2.13. The van der Waals surface area contributed by atoms with Crippen LogP contribution in [0.5, 0.6) is 0 Å². The minimum absolute atomic E-state index is 0.567. The summed E-state index contributed by atoms with van der Waals surface area (Å²) in [7, 11) is -3.31. The topological polar surface area (TPSA) is 46.2 Å². The molecule has 0 saturated heterocycles. The molecule has 0 unspecified atom stereocenters. The molecule has 0 radical (unpaired) electrons. The number of rotatable bonds is 3. The maximum atomic E-state index is 11.6. The Morgan fingerprint density at radius 2 is 1.71 bits per heavy atom. The molecule has 1 aliphatic heterocycles. The van der Waals surface area contributed by atoms with Gasteiger partial charge in [0.1, 0.15) is 0 Å². The van der Waals surface area contributed by atoms with Gasteiger partial charge in [0.25, 0.3) is 0 Å². The van der Waals surface area contributed by atoms with Crippen LogP contribution in [0, 0.1) is 6.92 Å². The Kier molecular flexibility index (Phi) is 5.04. The molecule has 0 spiro atoms. The lowest BCUT2D eigenvalue weighted by atomic mass is 9.92. The van der Waals surface area contributed by atoms with Gasteiger partial charge < -0.3 is 0 Å². The molecule has 0 aliphatic carbocycles. The van der Waals surface area contributed by atoms with Crippen molar-refractivity contribution >= 4 is 39.1 Å². The van der Waals surface area contributed by atoms with Gasteiger partial charge in [0.2, 0.25) is 10.0 Å². The number of fused-ring (bicyclic) bond motifs is 2. The Labute approximate surface area is 170 Å². The summed E-state index contributed by atoms with van der Waals surface area (Å²) < 4.78 is 25.7.